The first-order valence-corrected chi connectivity index (χ1v) is 11.1. The standard InChI is InChI=1S/C23H27F3N6O2/c1-15-12-16(2)14-18(13-15)34-11-10-30(3)21(33)17-6-8-31(9-7-17)20-5-4-19-27-28-22(23(24,25)26)32(19)29-20/h4-5,12-14,17H,6-11H2,1-3H3. The van der Waals surface area contributed by atoms with Crippen LogP contribution in [0.4, 0.5) is 19.0 Å². The lowest BCUT2D eigenvalue weighted by Crippen LogP contribution is -2.42. The molecule has 1 saturated heterocycles. The zero-order valence-electron chi connectivity index (χ0n) is 19.3. The first-order chi connectivity index (χ1) is 16.1. The predicted molar refractivity (Wildman–Crippen MR) is 120 cm³/mol. The number of aryl methyl sites for hydroxylation is 2. The number of anilines is 1. The van der Waals surface area contributed by atoms with Gasteiger partial charge in [-0.25, -0.2) is 0 Å². The SMILES string of the molecule is Cc1cc(C)cc(OCCN(C)C(=O)C2CCN(c3ccc4nnc(C(F)(F)F)n4n3)CC2)c1. The molecular formula is C23H27F3N6O2. The van der Waals surface area contributed by atoms with E-state index >= 15 is 0 Å². The highest BCUT2D eigenvalue weighted by molar-refractivity contribution is 5.79. The number of carbonyl (C=O) groups excluding carboxylic acids is 1. The molecule has 34 heavy (non-hydrogen) atoms. The monoisotopic (exact) mass is 476 g/mol. The van der Waals surface area contributed by atoms with Crippen LogP contribution in [0.25, 0.3) is 5.65 Å². The number of carbonyl (C=O) groups is 1. The molecular weight excluding hydrogens is 449 g/mol. The fourth-order valence-corrected chi connectivity index (χ4v) is 4.22. The van der Waals surface area contributed by atoms with Crippen LogP contribution < -0.4 is 9.64 Å². The minimum absolute atomic E-state index is 0.0332. The highest BCUT2D eigenvalue weighted by atomic mass is 19.4. The molecule has 0 spiro atoms. The van der Waals surface area contributed by atoms with Gasteiger partial charge in [0.1, 0.15) is 18.2 Å². The van der Waals surface area contributed by atoms with Gasteiger partial charge in [0.05, 0.1) is 6.54 Å². The van der Waals surface area contributed by atoms with Gasteiger partial charge in [0.25, 0.3) is 5.82 Å². The zero-order valence-corrected chi connectivity index (χ0v) is 19.3. The third kappa shape index (κ3) is 5.23. The Kier molecular flexibility index (Phi) is 6.63. The van der Waals surface area contributed by atoms with E-state index in [-0.39, 0.29) is 17.5 Å². The number of halogens is 3. The minimum Gasteiger partial charge on any atom is -0.492 e. The molecule has 1 aliphatic rings. The number of hydrogen-bond donors (Lipinski definition) is 0. The van der Waals surface area contributed by atoms with E-state index in [1.165, 1.54) is 6.07 Å². The Balaban J connectivity index is 1.31. The summed E-state index contributed by atoms with van der Waals surface area (Å²) < 4.78 is 45.9. The molecule has 1 amide bonds. The summed E-state index contributed by atoms with van der Waals surface area (Å²) >= 11 is 0. The topological polar surface area (TPSA) is 75.9 Å². The number of rotatable bonds is 6. The van der Waals surface area contributed by atoms with Crippen LogP contribution in [-0.4, -0.2) is 63.9 Å². The van der Waals surface area contributed by atoms with Gasteiger partial charge in [-0.15, -0.1) is 15.3 Å². The van der Waals surface area contributed by atoms with Crippen molar-refractivity contribution in [1.29, 1.82) is 0 Å². The molecule has 8 nitrogen and oxygen atoms in total. The number of fused-ring (bicyclic) bond motifs is 1. The molecule has 0 aliphatic carbocycles. The Bertz CT molecular complexity index is 1150. The molecule has 1 aliphatic heterocycles. The highest BCUT2D eigenvalue weighted by Crippen LogP contribution is 2.29. The molecule has 11 heteroatoms. The summed E-state index contributed by atoms with van der Waals surface area (Å²) in [5.41, 5.74) is 2.28. The van der Waals surface area contributed by atoms with Crippen LogP contribution in [0.15, 0.2) is 30.3 Å². The van der Waals surface area contributed by atoms with Gasteiger partial charge in [0.2, 0.25) is 5.91 Å². The van der Waals surface area contributed by atoms with Gasteiger partial charge in [-0.2, -0.15) is 17.7 Å². The fourth-order valence-electron chi connectivity index (χ4n) is 4.22. The summed E-state index contributed by atoms with van der Waals surface area (Å²) in [5, 5.41) is 10.8. The largest absolute Gasteiger partial charge is 0.492 e. The average Bonchev–Trinajstić information content (AvgIpc) is 3.22. The van der Waals surface area contributed by atoms with Crippen LogP contribution in [0, 0.1) is 19.8 Å². The second kappa shape index (κ2) is 9.47. The number of amides is 1. The Hall–Kier alpha value is -3.37. The van der Waals surface area contributed by atoms with Crippen molar-refractivity contribution in [2.75, 3.05) is 38.2 Å². The summed E-state index contributed by atoms with van der Waals surface area (Å²) in [4.78, 5) is 16.4. The summed E-state index contributed by atoms with van der Waals surface area (Å²) in [6, 6.07) is 9.10. The molecule has 3 aromatic rings. The van der Waals surface area contributed by atoms with E-state index in [0.29, 0.717) is 44.9 Å². The molecule has 0 N–H and O–H groups in total. The first kappa shape index (κ1) is 23.8. The van der Waals surface area contributed by atoms with E-state index in [1.807, 2.05) is 30.9 Å². The third-order valence-corrected chi connectivity index (χ3v) is 5.94. The van der Waals surface area contributed by atoms with E-state index in [1.54, 1.807) is 18.0 Å². The predicted octanol–water partition coefficient (Wildman–Crippen LogP) is 3.51. The van der Waals surface area contributed by atoms with Gasteiger partial charge in [-0.1, -0.05) is 6.07 Å². The number of piperidine rings is 1. The molecule has 182 valence electrons. The van der Waals surface area contributed by atoms with Crippen molar-refractivity contribution in [1.82, 2.24) is 24.7 Å². The van der Waals surface area contributed by atoms with E-state index in [4.69, 9.17) is 4.74 Å². The van der Waals surface area contributed by atoms with Gasteiger partial charge in [0.15, 0.2) is 5.65 Å². The summed E-state index contributed by atoms with van der Waals surface area (Å²) in [6.45, 7) is 5.93. The maximum Gasteiger partial charge on any atom is 0.453 e. The fraction of sp³-hybridized carbons (Fsp3) is 0.478. The highest BCUT2D eigenvalue weighted by Gasteiger charge is 2.38. The van der Waals surface area contributed by atoms with E-state index < -0.39 is 12.0 Å². The van der Waals surface area contributed by atoms with Gasteiger partial charge in [-0.3, -0.25) is 4.79 Å². The molecule has 1 fully saturated rings. The number of alkyl halides is 3. The Morgan fingerprint density at radius 3 is 2.44 bits per heavy atom. The lowest BCUT2D eigenvalue weighted by molar-refractivity contribution is -0.146. The maximum absolute atomic E-state index is 13.1. The number of aromatic nitrogens is 4. The van der Waals surface area contributed by atoms with Crippen molar-refractivity contribution in [2.24, 2.45) is 5.92 Å². The molecule has 3 heterocycles. The van der Waals surface area contributed by atoms with Gasteiger partial charge in [-0.05, 0) is 62.1 Å². The number of likely N-dealkylation sites (N-methyl/N-ethyl adjacent to an activating group) is 1. The van der Waals surface area contributed by atoms with Crippen molar-refractivity contribution in [3.63, 3.8) is 0 Å². The van der Waals surface area contributed by atoms with Gasteiger partial charge >= 0.3 is 6.18 Å². The molecule has 1 aromatic carbocycles. The first-order valence-electron chi connectivity index (χ1n) is 11.1. The lowest BCUT2D eigenvalue weighted by Gasteiger charge is -2.33. The van der Waals surface area contributed by atoms with Crippen molar-refractivity contribution >= 4 is 17.4 Å². The Labute approximate surface area is 195 Å². The Morgan fingerprint density at radius 1 is 1.12 bits per heavy atom. The number of benzene rings is 1. The van der Waals surface area contributed by atoms with Crippen molar-refractivity contribution in [2.45, 2.75) is 32.9 Å². The van der Waals surface area contributed by atoms with Crippen molar-refractivity contribution in [3.8, 4) is 5.75 Å². The van der Waals surface area contributed by atoms with Crippen LogP contribution in [0.2, 0.25) is 0 Å². The molecule has 0 unspecified atom stereocenters. The van der Waals surface area contributed by atoms with Crippen LogP contribution in [-0.2, 0) is 11.0 Å². The Morgan fingerprint density at radius 2 is 1.79 bits per heavy atom. The van der Waals surface area contributed by atoms with E-state index in [9.17, 15) is 18.0 Å². The third-order valence-electron chi connectivity index (χ3n) is 5.94. The lowest BCUT2D eigenvalue weighted by atomic mass is 9.95. The van der Waals surface area contributed by atoms with Gasteiger partial charge < -0.3 is 14.5 Å². The summed E-state index contributed by atoms with van der Waals surface area (Å²) in [7, 11) is 1.76. The molecule has 0 radical (unpaired) electrons. The second-order valence-corrected chi connectivity index (χ2v) is 8.68. The van der Waals surface area contributed by atoms with Crippen LogP contribution in [0.5, 0.6) is 5.75 Å². The average molecular weight is 477 g/mol. The number of nitrogens with zero attached hydrogens (tertiary/aromatic N) is 6. The quantitative estimate of drug-likeness (QED) is 0.542. The van der Waals surface area contributed by atoms with Crippen LogP contribution in [0.1, 0.15) is 29.8 Å². The minimum atomic E-state index is -4.64. The molecule has 0 atom stereocenters. The molecule has 4 rings (SSSR count). The smallest absolute Gasteiger partial charge is 0.453 e. The number of ether oxygens (including phenoxy) is 1. The zero-order chi connectivity index (χ0) is 24.5. The van der Waals surface area contributed by atoms with Gasteiger partial charge in [0, 0.05) is 26.1 Å². The molecule has 2 aromatic heterocycles. The van der Waals surface area contributed by atoms with Crippen LogP contribution >= 0.6 is 0 Å². The summed E-state index contributed by atoms with van der Waals surface area (Å²) in [6.07, 6.45) is -3.46. The number of hydrogen-bond acceptors (Lipinski definition) is 6. The molecule has 0 bridgehead atoms. The van der Waals surface area contributed by atoms with E-state index in [0.717, 1.165) is 21.4 Å². The summed E-state index contributed by atoms with van der Waals surface area (Å²) in [5.74, 6) is -0.0621. The van der Waals surface area contributed by atoms with E-state index in [2.05, 4.69) is 21.4 Å². The second-order valence-electron chi connectivity index (χ2n) is 8.68. The van der Waals surface area contributed by atoms with Crippen molar-refractivity contribution < 1.29 is 22.7 Å². The molecule has 0 saturated carbocycles. The van der Waals surface area contributed by atoms with Crippen LogP contribution in [0.3, 0.4) is 0 Å². The normalized spacial score (nSPS) is 15.1. The maximum atomic E-state index is 13.1. The van der Waals surface area contributed by atoms with Crippen molar-refractivity contribution in [3.05, 3.63) is 47.3 Å².